The SMILES string of the molecule is CC(C)N1C(=O)N(C)C(=O)C12CC1CCC(C2)N1C[C@H]1CN(C(=O)CC(C)(C)C)C[C@@H]1c1cccc(F)c1.Cl. The van der Waals surface area contributed by atoms with Crippen LogP contribution in [0.15, 0.2) is 24.3 Å². The molecule has 4 amide bonds. The average Bonchev–Trinajstić information content (AvgIpc) is 3.40. The normalized spacial score (nSPS) is 31.1. The van der Waals surface area contributed by atoms with Gasteiger partial charge in [0, 0.05) is 57.1 Å². The lowest BCUT2D eigenvalue weighted by Gasteiger charge is -2.48. The third kappa shape index (κ3) is 5.31. The second-order valence-corrected chi connectivity index (χ2v) is 13.6. The summed E-state index contributed by atoms with van der Waals surface area (Å²) in [5.41, 5.74) is 0.102. The van der Waals surface area contributed by atoms with E-state index < -0.39 is 5.54 Å². The smallest absolute Gasteiger partial charge is 0.327 e. The van der Waals surface area contributed by atoms with Gasteiger partial charge >= 0.3 is 6.03 Å². The highest BCUT2D eigenvalue weighted by Gasteiger charge is 2.62. The van der Waals surface area contributed by atoms with E-state index >= 15 is 0 Å². The van der Waals surface area contributed by atoms with Gasteiger partial charge in [0.25, 0.3) is 5.91 Å². The van der Waals surface area contributed by atoms with Crippen molar-refractivity contribution in [1.82, 2.24) is 19.6 Å². The Labute approximate surface area is 238 Å². The summed E-state index contributed by atoms with van der Waals surface area (Å²) in [6, 6.07) is 7.03. The van der Waals surface area contributed by atoms with E-state index in [9.17, 15) is 18.8 Å². The quantitative estimate of drug-likeness (QED) is 0.479. The Kier molecular flexibility index (Phi) is 8.14. The topological polar surface area (TPSA) is 64.2 Å². The second-order valence-electron chi connectivity index (χ2n) is 13.6. The van der Waals surface area contributed by atoms with E-state index in [4.69, 9.17) is 0 Å². The van der Waals surface area contributed by atoms with Crippen LogP contribution in [0.4, 0.5) is 9.18 Å². The van der Waals surface area contributed by atoms with Crippen molar-refractivity contribution in [1.29, 1.82) is 0 Å². The number of hydrogen-bond donors (Lipinski definition) is 0. The fourth-order valence-corrected chi connectivity index (χ4v) is 7.76. The van der Waals surface area contributed by atoms with Gasteiger partial charge in [-0.25, -0.2) is 9.18 Å². The minimum absolute atomic E-state index is 0. The minimum Gasteiger partial charge on any atom is -0.342 e. The molecule has 1 aromatic carbocycles. The fraction of sp³-hybridized carbons (Fsp3) is 0.700. The molecule has 0 radical (unpaired) electrons. The first-order chi connectivity index (χ1) is 17.8. The molecule has 4 fully saturated rings. The van der Waals surface area contributed by atoms with Crippen LogP contribution in [0.5, 0.6) is 0 Å². The first-order valence-electron chi connectivity index (χ1n) is 14.2. The number of fused-ring (bicyclic) bond motifs is 2. The van der Waals surface area contributed by atoms with Crippen LogP contribution in [0.2, 0.25) is 0 Å². The molecule has 4 atom stereocenters. The van der Waals surface area contributed by atoms with Crippen LogP contribution >= 0.6 is 12.4 Å². The van der Waals surface area contributed by atoms with Gasteiger partial charge in [0.05, 0.1) is 0 Å². The highest BCUT2D eigenvalue weighted by atomic mass is 35.5. The molecule has 9 heteroatoms. The van der Waals surface area contributed by atoms with Gasteiger partial charge in [0.1, 0.15) is 11.4 Å². The van der Waals surface area contributed by atoms with Crippen molar-refractivity contribution in [3.8, 4) is 0 Å². The molecule has 4 saturated heterocycles. The van der Waals surface area contributed by atoms with Gasteiger partial charge in [-0.15, -0.1) is 12.4 Å². The standard InChI is InChI=1S/C30H43FN4O3.ClH/c1-19(2)35-28(38)32(6)27(37)30(35)13-23-10-11-24(14-30)34(23)17-21-16-33(26(36)15-29(3,4)5)18-25(21)20-8-7-9-22(31)12-20;/h7-9,12,19,21,23-25H,10-11,13-18H2,1-6H3;1H/t21-,23?,24?,25-,30?;/m1./s1. The highest BCUT2D eigenvalue weighted by Crippen LogP contribution is 2.49. The molecular formula is C30H44ClFN4O3. The maximum Gasteiger partial charge on any atom is 0.327 e. The molecule has 0 aliphatic carbocycles. The summed E-state index contributed by atoms with van der Waals surface area (Å²) >= 11 is 0. The van der Waals surface area contributed by atoms with Crippen molar-refractivity contribution in [2.75, 3.05) is 26.7 Å². The van der Waals surface area contributed by atoms with E-state index in [1.54, 1.807) is 19.2 Å². The van der Waals surface area contributed by atoms with Crippen LogP contribution in [-0.2, 0) is 9.59 Å². The summed E-state index contributed by atoms with van der Waals surface area (Å²) in [4.78, 5) is 47.3. The summed E-state index contributed by atoms with van der Waals surface area (Å²) in [5, 5.41) is 0. The second kappa shape index (κ2) is 10.7. The Morgan fingerprint density at radius 3 is 2.31 bits per heavy atom. The van der Waals surface area contributed by atoms with Gasteiger partial charge < -0.3 is 9.80 Å². The summed E-state index contributed by atoms with van der Waals surface area (Å²) in [5.74, 6) is 0.0985. The van der Waals surface area contributed by atoms with Crippen LogP contribution in [0.3, 0.4) is 0 Å². The Morgan fingerprint density at radius 2 is 1.74 bits per heavy atom. The van der Waals surface area contributed by atoms with Crippen LogP contribution in [0.25, 0.3) is 0 Å². The van der Waals surface area contributed by atoms with Crippen molar-refractivity contribution in [3.05, 3.63) is 35.6 Å². The third-order valence-corrected chi connectivity index (χ3v) is 9.29. The number of urea groups is 1. The molecule has 4 aliphatic heterocycles. The van der Waals surface area contributed by atoms with Crippen LogP contribution in [0.1, 0.15) is 78.2 Å². The molecule has 1 spiro atoms. The number of halogens is 2. The number of rotatable bonds is 5. The molecule has 0 N–H and O–H groups in total. The average molecular weight is 563 g/mol. The summed E-state index contributed by atoms with van der Waals surface area (Å²) in [6.07, 6.45) is 3.81. The number of hydrogen-bond acceptors (Lipinski definition) is 4. The number of carbonyl (C=O) groups excluding carboxylic acids is 3. The van der Waals surface area contributed by atoms with Crippen LogP contribution < -0.4 is 0 Å². The monoisotopic (exact) mass is 562 g/mol. The number of carbonyl (C=O) groups is 3. The molecule has 216 valence electrons. The number of benzene rings is 1. The Hall–Kier alpha value is -2.19. The summed E-state index contributed by atoms with van der Waals surface area (Å²) in [6.45, 7) is 12.3. The number of amides is 4. The molecule has 5 rings (SSSR count). The maximum absolute atomic E-state index is 14.2. The zero-order chi connectivity index (χ0) is 27.6. The number of nitrogens with zero attached hydrogens (tertiary/aromatic N) is 4. The van der Waals surface area contributed by atoms with Crippen molar-refractivity contribution < 1.29 is 18.8 Å². The summed E-state index contributed by atoms with van der Waals surface area (Å²) in [7, 11) is 1.61. The first kappa shape index (κ1) is 29.8. The molecule has 1 aromatic rings. The number of likely N-dealkylation sites (N-methyl/N-ethyl adjacent to an activating group) is 1. The van der Waals surface area contributed by atoms with Gasteiger partial charge in [-0.1, -0.05) is 32.9 Å². The van der Waals surface area contributed by atoms with E-state index in [1.807, 2.05) is 29.7 Å². The van der Waals surface area contributed by atoms with Crippen molar-refractivity contribution in [2.24, 2.45) is 11.3 Å². The van der Waals surface area contributed by atoms with Gasteiger partial charge in [0.2, 0.25) is 5.91 Å². The zero-order valence-corrected chi connectivity index (χ0v) is 25.0. The Bertz CT molecular complexity index is 1110. The van der Waals surface area contributed by atoms with Gasteiger partial charge in [-0.2, -0.15) is 0 Å². The lowest BCUT2D eigenvalue weighted by molar-refractivity contribution is -0.137. The lowest BCUT2D eigenvalue weighted by atomic mass is 9.79. The van der Waals surface area contributed by atoms with Gasteiger partial charge in [-0.05, 0) is 68.6 Å². The van der Waals surface area contributed by atoms with E-state index in [0.717, 1.165) is 24.9 Å². The zero-order valence-electron chi connectivity index (χ0n) is 24.2. The third-order valence-electron chi connectivity index (χ3n) is 9.29. The maximum atomic E-state index is 14.2. The van der Waals surface area contributed by atoms with Crippen LogP contribution in [0, 0.1) is 17.2 Å². The predicted molar refractivity (Wildman–Crippen MR) is 151 cm³/mol. The molecular weight excluding hydrogens is 519 g/mol. The molecule has 39 heavy (non-hydrogen) atoms. The van der Waals surface area contributed by atoms with Gasteiger partial charge in [0.15, 0.2) is 0 Å². The lowest BCUT2D eigenvalue weighted by Crippen LogP contribution is -2.62. The minimum atomic E-state index is -0.755. The molecule has 4 aliphatic rings. The Morgan fingerprint density at radius 1 is 1.10 bits per heavy atom. The number of piperidine rings is 1. The molecule has 2 bridgehead atoms. The molecule has 7 nitrogen and oxygen atoms in total. The summed E-state index contributed by atoms with van der Waals surface area (Å²) < 4.78 is 14.2. The van der Waals surface area contributed by atoms with Crippen molar-refractivity contribution in [3.63, 3.8) is 0 Å². The largest absolute Gasteiger partial charge is 0.342 e. The van der Waals surface area contributed by atoms with Crippen LogP contribution in [-0.4, -0.2) is 87.8 Å². The van der Waals surface area contributed by atoms with Crippen molar-refractivity contribution >= 4 is 30.3 Å². The predicted octanol–water partition coefficient (Wildman–Crippen LogP) is 4.89. The molecule has 0 saturated carbocycles. The number of imide groups is 1. The fourth-order valence-electron chi connectivity index (χ4n) is 7.76. The van der Waals surface area contributed by atoms with Gasteiger partial charge in [-0.3, -0.25) is 19.4 Å². The van der Waals surface area contributed by atoms with E-state index in [2.05, 4.69) is 25.7 Å². The molecule has 4 heterocycles. The van der Waals surface area contributed by atoms with E-state index in [-0.39, 0.29) is 71.4 Å². The van der Waals surface area contributed by atoms with E-state index in [0.29, 0.717) is 32.4 Å². The number of likely N-dealkylation sites (tertiary alicyclic amines) is 1. The van der Waals surface area contributed by atoms with Crippen molar-refractivity contribution in [2.45, 2.75) is 96.3 Å². The molecule has 0 aromatic heterocycles. The van der Waals surface area contributed by atoms with E-state index in [1.165, 1.54) is 11.0 Å². The first-order valence-corrected chi connectivity index (χ1v) is 14.2. The Balaban J connectivity index is 0.00000353. The highest BCUT2D eigenvalue weighted by molar-refractivity contribution is 6.07. The molecule has 2 unspecified atom stereocenters.